The summed E-state index contributed by atoms with van der Waals surface area (Å²) in [4.78, 5) is 0. The Labute approximate surface area is 237 Å². The lowest BCUT2D eigenvalue weighted by atomic mass is 9.80. The van der Waals surface area contributed by atoms with Crippen molar-refractivity contribution in [3.05, 3.63) is 130 Å². The lowest BCUT2D eigenvalue weighted by Crippen LogP contribution is -1.95. The molecule has 0 aliphatic carbocycles. The quantitative estimate of drug-likeness (QED) is 0.135. The average molecular weight is 612 g/mol. The first-order valence-electron chi connectivity index (χ1n) is 12.8. The smallest absolute Gasteiger partial charge is 0.0324 e. The van der Waals surface area contributed by atoms with E-state index in [0.29, 0.717) is 0 Å². The molecule has 0 nitrogen and oxygen atoms in total. The van der Waals surface area contributed by atoms with E-state index in [2.05, 4.69) is 153 Å². The van der Waals surface area contributed by atoms with Gasteiger partial charge in [0.15, 0.2) is 0 Å². The van der Waals surface area contributed by atoms with Crippen LogP contribution in [0.1, 0.15) is 0 Å². The van der Waals surface area contributed by atoms with E-state index in [0.717, 1.165) is 8.95 Å². The summed E-state index contributed by atoms with van der Waals surface area (Å²) in [5, 5.41) is 13.0. The fourth-order valence-electron chi connectivity index (χ4n) is 6.40. The van der Waals surface area contributed by atoms with Crippen molar-refractivity contribution < 1.29 is 0 Å². The fraction of sp³-hybridized carbons (Fsp3) is 0. The second kappa shape index (κ2) is 8.39. The van der Waals surface area contributed by atoms with Crippen molar-refractivity contribution >= 4 is 85.7 Å². The predicted molar refractivity (Wildman–Crippen MR) is 171 cm³/mol. The number of benzene rings is 8. The van der Waals surface area contributed by atoms with Crippen molar-refractivity contribution in [3.8, 4) is 22.3 Å². The Balaban J connectivity index is 1.81. The number of halogens is 2. The molecule has 0 heterocycles. The number of fused-ring (bicyclic) bond motifs is 4. The maximum absolute atomic E-state index is 3.83. The molecule has 178 valence electrons. The first-order chi connectivity index (χ1) is 18.7. The van der Waals surface area contributed by atoms with Crippen molar-refractivity contribution in [2.45, 2.75) is 0 Å². The minimum absolute atomic E-state index is 1.05. The SMILES string of the molecule is Brc1cc2c(-c3ccccc3)c3c4cccc5ccc6cccc(c3c(-c3ccccc3)c2cc1Br)c6c54. The zero-order valence-corrected chi connectivity index (χ0v) is 23.5. The van der Waals surface area contributed by atoms with E-state index in [4.69, 9.17) is 0 Å². The summed E-state index contributed by atoms with van der Waals surface area (Å²) in [5.41, 5.74) is 5.02. The summed E-state index contributed by atoms with van der Waals surface area (Å²) in [6.07, 6.45) is 0. The van der Waals surface area contributed by atoms with Gasteiger partial charge in [0.25, 0.3) is 0 Å². The highest BCUT2D eigenvalue weighted by molar-refractivity contribution is 9.13. The van der Waals surface area contributed by atoms with Crippen molar-refractivity contribution in [1.29, 1.82) is 0 Å². The normalized spacial score (nSPS) is 11.9. The fourth-order valence-corrected chi connectivity index (χ4v) is 7.09. The van der Waals surface area contributed by atoms with Gasteiger partial charge in [0.05, 0.1) is 0 Å². The molecule has 8 rings (SSSR count). The molecule has 0 radical (unpaired) electrons. The predicted octanol–water partition coefficient (Wildman–Crippen LogP) is 11.7. The molecule has 0 saturated heterocycles. The van der Waals surface area contributed by atoms with Crippen LogP contribution in [-0.4, -0.2) is 0 Å². The van der Waals surface area contributed by atoms with Crippen LogP contribution in [0.5, 0.6) is 0 Å². The van der Waals surface area contributed by atoms with E-state index in [-0.39, 0.29) is 0 Å². The van der Waals surface area contributed by atoms with Gasteiger partial charge >= 0.3 is 0 Å². The van der Waals surface area contributed by atoms with Gasteiger partial charge in [-0.1, -0.05) is 109 Å². The molecule has 0 fully saturated rings. The molecule has 0 aliphatic rings. The molecule has 0 saturated carbocycles. The van der Waals surface area contributed by atoms with E-state index < -0.39 is 0 Å². The van der Waals surface area contributed by atoms with Crippen LogP contribution < -0.4 is 0 Å². The Morgan fingerprint density at radius 3 is 1.18 bits per heavy atom. The molecular weight excluding hydrogens is 592 g/mol. The minimum Gasteiger partial charge on any atom is -0.0622 e. The Morgan fingerprint density at radius 2 is 0.763 bits per heavy atom. The first kappa shape index (κ1) is 22.3. The molecule has 0 atom stereocenters. The van der Waals surface area contributed by atoms with Crippen LogP contribution in [0.3, 0.4) is 0 Å². The molecule has 0 aromatic heterocycles. The van der Waals surface area contributed by atoms with Crippen LogP contribution in [0.15, 0.2) is 130 Å². The third-order valence-electron chi connectivity index (χ3n) is 7.90. The van der Waals surface area contributed by atoms with Gasteiger partial charge in [-0.05, 0) is 120 Å². The molecule has 8 aromatic rings. The van der Waals surface area contributed by atoms with Crippen LogP contribution in [0.25, 0.3) is 76.1 Å². The number of hydrogen-bond acceptors (Lipinski definition) is 0. The van der Waals surface area contributed by atoms with Gasteiger partial charge in [-0.2, -0.15) is 0 Å². The zero-order valence-electron chi connectivity index (χ0n) is 20.3. The highest BCUT2D eigenvalue weighted by atomic mass is 79.9. The van der Waals surface area contributed by atoms with E-state index >= 15 is 0 Å². The summed E-state index contributed by atoms with van der Waals surface area (Å²) < 4.78 is 2.11. The van der Waals surface area contributed by atoms with Gasteiger partial charge in [0.1, 0.15) is 0 Å². The summed E-state index contributed by atoms with van der Waals surface area (Å²) in [7, 11) is 0. The molecule has 0 aliphatic heterocycles. The zero-order chi connectivity index (χ0) is 25.4. The highest BCUT2D eigenvalue weighted by Crippen LogP contribution is 2.51. The van der Waals surface area contributed by atoms with Crippen LogP contribution >= 0.6 is 31.9 Å². The largest absolute Gasteiger partial charge is 0.0622 e. The second-order valence-corrected chi connectivity index (χ2v) is 11.6. The van der Waals surface area contributed by atoms with E-state index in [9.17, 15) is 0 Å². The highest BCUT2D eigenvalue weighted by Gasteiger charge is 2.23. The number of hydrogen-bond donors (Lipinski definition) is 0. The lowest BCUT2D eigenvalue weighted by Gasteiger charge is -2.23. The first-order valence-corrected chi connectivity index (χ1v) is 14.3. The van der Waals surface area contributed by atoms with Crippen LogP contribution in [0.4, 0.5) is 0 Å². The van der Waals surface area contributed by atoms with Crippen molar-refractivity contribution in [2.75, 3.05) is 0 Å². The third kappa shape index (κ3) is 3.08. The van der Waals surface area contributed by atoms with Crippen LogP contribution in [0.2, 0.25) is 0 Å². The van der Waals surface area contributed by atoms with Gasteiger partial charge in [-0.15, -0.1) is 0 Å². The Kier molecular flexibility index (Phi) is 4.92. The van der Waals surface area contributed by atoms with Gasteiger partial charge in [0, 0.05) is 8.95 Å². The maximum Gasteiger partial charge on any atom is 0.0324 e. The van der Waals surface area contributed by atoms with Crippen molar-refractivity contribution in [2.24, 2.45) is 0 Å². The number of rotatable bonds is 2. The van der Waals surface area contributed by atoms with E-state index in [1.54, 1.807) is 0 Å². The van der Waals surface area contributed by atoms with E-state index in [1.165, 1.54) is 76.1 Å². The van der Waals surface area contributed by atoms with Crippen molar-refractivity contribution in [3.63, 3.8) is 0 Å². The topological polar surface area (TPSA) is 0 Å². The van der Waals surface area contributed by atoms with Crippen LogP contribution in [-0.2, 0) is 0 Å². The Hall–Kier alpha value is -3.72. The molecular formula is C36H20Br2. The van der Waals surface area contributed by atoms with Crippen molar-refractivity contribution in [1.82, 2.24) is 0 Å². The summed E-state index contributed by atoms with van der Waals surface area (Å²) in [5.74, 6) is 0. The van der Waals surface area contributed by atoms with Gasteiger partial charge in [-0.3, -0.25) is 0 Å². The molecule has 0 unspecified atom stereocenters. The average Bonchev–Trinajstić information content (AvgIpc) is 2.97. The van der Waals surface area contributed by atoms with Gasteiger partial charge < -0.3 is 0 Å². The lowest BCUT2D eigenvalue weighted by molar-refractivity contribution is 1.63. The monoisotopic (exact) mass is 610 g/mol. The third-order valence-corrected chi connectivity index (χ3v) is 9.74. The second-order valence-electron chi connectivity index (χ2n) is 9.92. The molecule has 0 spiro atoms. The minimum atomic E-state index is 1.05. The van der Waals surface area contributed by atoms with Gasteiger partial charge in [-0.25, -0.2) is 0 Å². The van der Waals surface area contributed by atoms with E-state index in [1.807, 2.05) is 0 Å². The van der Waals surface area contributed by atoms with Gasteiger partial charge in [0.2, 0.25) is 0 Å². The Morgan fingerprint density at radius 1 is 0.342 bits per heavy atom. The molecule has 38 heavy (non-hydrogen) atoms. The van der Waals surface area contributed by atoms with Crippen LogP contribution in [0, 0.1) is 0 Å². The molecule has 0 N–H and O–H groups in total. The Bertz CT molecular complexity index is 2020. The molecule has 0 amide bonds. The maximum atomic E-state index is 3.83. The summed E-state index contributed by atoms with van der Waals surface area (Å²) >= 11 is 7.66. The summed E-state index contributed by atoms with van der Waals surface area (Å²) in [6, 6.07) is 44.4. The molecule has 8 aromatic carbocycles. The standard InChI is InChI=1S/C36H20Br2/c37-29-19-27-28(20-30(29)38)34(22-11-5-2-6-12-22)36-26-16-8-14-24-18-17-23-13-7-15-25(31(23)32(24)26)35(36)33(27)21-9-3-1-4-10-21/h1-20H. The summed E-state index contributed by atoms with van der Waals surface area (Å²) in [6.45, 7) is 0. The molecule has 2 heteroatoms. The molecule has 0 bridgehead atoms.